The summed E-state index contributed by atoms with van der Waals surface area (Å²) in [6.07, 6.45) is 7.09. The topological polar surface area (TPSA) is 34.1 Å². The van der Waals surface area contributed by atoms with Crippen LogP contribution in [0.2, 0.25) is 0 Å². The Morgan fingerprint density at radius 3 is 2.06 bits per heavy atom. The zero-order chi connectivity index (χ0) is 22.3. The molecule has 2 heteroatoms. The van der Waals surface area contributed by atoms with E-state index in [9.17, 15) is 9.59 Å². The predicted octanol–water partition coefficient (Wildman–Crippen LogP) is 6.66. The van der Waals surface area contributed by atoms with Gasteiger partial charge in [-0.3, -0.25) is 9.59 Å². The third-order valence-electron chi connectivity index (χ3n) is 6.14. The summed E-state index contributed by atoms with van der Waals surface area (Å²) in [5.74, 6) is 0.567. The molecular weight excluding hydrogens is 392 g/mol. The van der Waals surface area contributed by atoms with Crippen molar-refractivity contribution in [2.75, 3.05) is 0 Å². The molecule has 0 spiro atoms. The first-order valence-corrected chi connectivity index (χ1v) is 11.2. The molecule has 0 amide bonds. The van der Waals surface area contributed by atoms with E-state index in [0.29, 0.717) is 24.3 Å². The maximum absolute atomic E-state index is 12.7. The summed E-state index contributed by atoms with van der Waals surface area (Å²) in [6.45, 7) is 1.55. The van der Waals surface area contributed by atoms with Crippen molar-refractivity contribution in [3.05, 3.63) is 125 Å². The summed E-state index contributed by atoms with van der Waals surface area (Å²) in [5.41, 5.74) is 6.86. The Hall–Kier alpha value is -3.52. The highest BCUT2D eigenvalue weighted by Crippen LogP contribution is 2.38. The van der Waals surface area contributed by atoms with Crippen LogP contribution in [0.5, 0.6) is 0 Å². The molecule has 0 aromatic heterocycles. The molecule has 0 saturated heterocycles. The molecule has 1 aliphatic carbocycles. The van der Waals surface area contributed by atoms with E-state index in [2.05, 4.69) is 60.7 Å². The first kappa shape index (κ1) is 21.7. The summed E-state index contributed by atoms with van der Waals surface area (Å²) in [7, 11) is 0. The lowest BCUT2D eigenvalue weighted by atomic mass is 9.83. The van der Waals surface area contributed by atoms with Gasteiger partial charge in [-0.05, 0) is 42.0 Å². The van der Waals surface area contributed by atoms with Gasteiger partial charge < -0.3 is 0 Å². The summed E-state index contributed by atoms with van der Waals surface area (Å²) < 4.78 is 0. The molecule has 0 fully saturated rings. The van der Waals surface area contributed by atoms with Gasteiger partial charge in [0, 0.05) is 24.3 Å². The normalized spacial score (nSPS) is 15.2. The van der Waals surface area contributed by atoms with Crippen LogP contribution in [0.4, 0.5) is 0 Å². The monoisotopic (exact) mass is 420 g/mol. The Labute approximate surface area is 190 Å². The van der Waals surface area contributed by atoms with Gasteiger partial charge in [0.15, 0.2) is 5.78 Å². The molecule has 0 heterocycles. The SMILES string of the molecule is CC(=O)c1ccc(CC(=O)CCC2=CC=C(c3ccccc3)C2Cc2ccccc2)cc1. The minimum Gasteiger partial charge on any atom is -0.299 e. The Morgan fingerprint density at radius 2 is 1.41 bits per heavy atom. The molecule has 3 aromatic carbocycles. The van der Waals surface area contributed by atoms with E-state index >= 15 is 0 Å². The number of hydrogen-bond acceptors (Lipinski definition) is 2. The molecule has 1 unspecified atom stereocenters. The molecule has 0 aliphatic heterocycles. The van der Waals surface area contributed by atoms with Crippen molar-refractivity contribution >= 4 is 17.1 Å². The number of carbonyl (C=O) groups excluding carboxylic acids is 2. The van der Waals surface area contributed by atoms with Crippen molar-refractivity contribution in [3.8, 4) is 0 Å². The van der Waals surface area contributed by atoms with Crippen LogP contribution in [0.1, 0.15) is 46.8 Å². The van der Waals surface area contributed by atoms with E-state index in [4.69, 9.17) is 0 Å². The highest BCUT2D eigenvalue weighted by atomic mass is 16.1. The molecular formula is C30H28O2. The smallest absolute Gasteiger partial charge is 0.159 e. The third kappa shape index (κ3) is 5.39. The molecule has 1 aliphatic rings. The van der Waals surface area contributed by atoms with Gasteiger partial charge in [0.1, 0.15) is 5.78 Å². The lowest BCUT2D eigenvalue weighted by Gasteiger charge is -2.20. The molecule has 0 radical (unpaired) electrons. The zero-order valence-corrected chi connectivity index (χ0v) is 18.5. The van der Waals surface area contributed by atoms with Crippen LogP contribution in [-0.4, -0.2) is 11.6 Å². The number of carbonyl (C=O) groups is 2. The summed E-state index contributed by atoms with van der Waals surface area (Å²) >= 11 is 0. The lowest BCUT2D eigenvalue weighted by Crippen LogP contribution is -2.10. The molecule has 3 aromatic rings. The second kappa shape index (κ2) is 10.2. The summed E-state index contributed by atoms with van der Waals surface area (Å²) in [6, 6.07) is 28.5. The lowest BCUT2D eigenvalue weighted by molar-refractivity contribution is -0.118. The molecule has 160 valence electrons. The number of benzene rings is 3. The molecule has 0 bridgehead atoms. The predicted molar refractivity (Wildman–Crippen MR) is 131 cm³/mol. The highest BCUT2D eigenvalue weighted by Gasteiger charge is 2.24. The number of allylic oxidation sites excluding steroid dienone is 4. The molecule has 1 atom stereocenters. The third-order valence-corrected chi connectivity index (χ3v) is 6.14. The van der Waals surface area contributed by atoms with Gasteiger partial charge in [-0.1, -0.05) is 103 Å². The van der Waals surface area contributed by atoms with Crippen molar-refractivity contribution in [1.82, 2.24) is 0 Å². The maximum atomic E-state index is 12.7. The standard InChI is InChI=1S/C30H28O2/c1-22(31)25-14-12-24(13-15-25)20-28(32)18-16-27-17-19-29(26-10-6-3-7-11-26)30(27)21-23-8-4-2-5-9-23/h2-15,17,19,30H,16,18,20-21H2,1H3. The summed E-state index contributed by atoms with van der Waals surface area (Å²) in [5, 5.41) is 0. The number of hydrogen-bond donors (Lipinski definition) is 0. The largest absolute Gasteiger partial charge is 0.299 e. The second-order valence-electron chi connectivity index (χ2n) is 8.44. The second-order valence-corrected chi connectivity index (χ2v) is 8.44. The molecule has 4 rings (SSSR count). The van der Waals surface area contributed by atoms with Crippen LogP contribution in [0.3, 0.4) is 0 Å². The van der Waals surface area contributed by atoms with Gasteiger partial charge >= 0.3 is 0 Å². The number of rotatable bonds is 9. The fourth-order valence-corrected chi connectivity index (χ4v) is 4.36. The van der Waals surface area contributed by atoms with Crippen molar-refractivity contribution in [3.63, 3.8) is 0 Å². The van der Waals surface area contributed by atoms with E-state index < -0.39 is 0 Å². The maximum Gasteiger partial charge on any atom is 0.159 e. The molecule has 32 heavy (non-hydrogen) atoms. The van der Waals surface area contributed by atoms with Crippen molar-refractivity contribution in [2.24, 2.45) is 5.92 Å². The molecule has 0 saturated carbocycles. The fraction of sp³-hybridized carbons (Fsp3) is 0.200. The Kier molecular flexibility index (Phi) is 6.91. The minimum atomic E-state index is 0.0437. The van der Waals surface area contributed by atoms with Crippen LogP contribution in [0, 0.1) is 5.92 Å². The Balaban J connectivity index is 1.42. The van der Waals surface area contributed by atoms with Gasteiger partial charge in [0.05, 0.1) is 0 Å². The van der Waals surface area contributed by atoms with Crippen LogP contribution < -0.4 is 0 Å². The van der Waals surface area contributed by atoms with Gasteiger partial charge in [-0.25, -0.2) is 0 Å². The van der Waals surface area contributed by atoms with Crippen molar-refractivity contribution < 1.29 is 9.59 Å². The van der Waals surface area contributed by atoms with E-state index in [0.717, 1.165) is 18.4 Å². The first-order chi connectivity index (χ1) is 15.6. The van der Waals surface area contributed by atoms with E-state index in [1.54, 1.807) is 19.1 Å². The van der Waals surface area contributed by atoms with Crippen LogP contribution in [-0.2, 0) is 17.6 Å². The zero-order valence-electron chi connectivity index (χ0n) is 18.5. The first-order valence-electron chi connectivity index (χ1n) is 11.2. The number of ketones is 2. The summed E-state index contributed by atoms with van der Waals surface area (Å²) in [4.78, 5) is 24.1. The van der Waals surface area contributed by atoms with Gasteiger partial charge in [0.25, 0.3) is 0 Å². The number of Topliss-reactive ketones (excluding diaryl/α,β-unsaturated/α-hetero) is 2. The quantitative estimate of drug-likeness (QED) is 0.363. The average molecular weight is 421 g/mol. The average Bonchev–Trinajstić information content (AvgIpc) is 3.21. The van der Waals surface area contributed by atoms with Crippen molar-refractivity contribution in [1.29, 1.82) is 0 Å². The highest BCUT2D eigenvalue weighted by molar-refractivity contribution is 5.94. The van der Waals surface area contributed by atoms with Gasteiger partial charge in [-0.2, -0.15) is 0 Å². The van der Waals surface area contributed by atoms with E-state index in [-0.39, 0.29) is 11.6 Å². The van der Waals surface area contributed by atoms with Gasteiger partial charge in [0.2, 0.25) is 0 Å². The van der Waals surface area contributed by atoms with Crippen molar-refractivity contribution in [2.45, 2.75) is 32.6 Å². The van der Waals surface area contributed by atoms with Crippen LogP contribution in [0.15, 0.2) is 103 Å². The fourth-order valence-electron chi connectivity index (χ4n) is 4.36. The van der Waals surface area contributed by atoms with Crippen LogP contribution >= 0.6 is 0 Å². The van der Waals surface area contributed by atoms with Crippen LogP contribution in [0.25, 0.3) is 5.57 Å². The van der Waals surface area contributed by atoms with E-state index in [1.165, 1.54) is 22.3 Å². The Morgan fingerprint density at radius 1 is 0.750 bits per heavy atom. The molecule has 2 nitrogen and oxygen atoms in total. The molecule has 0 N–H and O–H groups in total. The Bertz CT molecular complexity index is 1140. The minimum absolute atomic E-state index is 0.0437. The van der Waals surface area contributed by atoms with E-state index in [1.807, 2.05) is 24.3 Å². The van der Waals surface area contributed by atoms with Gasteiger partial charge in [-0.15, -0.1) is 0 Å².